The summed E-state index contributed by atoms with van der Waals surface area (Å²) in [5.74, 6) is -1.76. The number of carbonyl (C=O) groups excluding carboxylic acids is 2. The number of aromatic amines is 1. The highest BCUT2D eigenvalue weighted by molar-refractivity contribution is 6.31. The van der Waals surface area contributed by atoms with E-state index in [1.54, 1.807) is 6.07 Å². The largest absolute Gasteiger partial charge is 0.350 e. The smallest absolute Gasteiger partial charge is 0.271 e. The van der Waals surface area contributed by atoms with Crippen molar-refractivity contribution in [3.8, 4) is 0 Å². The van der Waals surface area contributed by atoms with Gasteiger partial charge in [-0.1, -0.05) is 11.6 Å². The van der Waals surface area contributed by atoms with E-state index in [1.165, 1.54) is 27.9 Å². The third kappa shape index (κ3) is 4.04. The Hall–Kier alpha value is -3.08. The Labute approximate surface area is 184 Å². The first-order valence-corrected chi connectivity index (χ1v) is 10.1. The third-order valence-corrected chi connectivity index (χ3v) is 5.66. The van der Waals surface area contributed by atoms with Gasteiger partial charge in [-0.2, -0.15) is 5.10 Å². The maximum atomic E-state index is 13.7. The minimum absolute atomic E-state index is 0.0222. The number of halogens is 5. The molecule has 0 saturated heterocycles. The van der Waals surface area contributed by atoms with E-state index in [1.807, 2.05) is 0 Å². The van der Waals surface area contributed by atoms with E-state index in [2.05, 4.69) is 15.4 Å². The number of nitrogens with zero attached hydrogens (tertiary/aromatic N) is 3. The van der Waals surface area contributed by atoms with Gasteiger partial charge >= 0.3 is 0 Å². The van der Waals surface area contributed by atoms with Crippen LogP contribution in [0.2, 0.25) is 5.02 Å². The molecule has 3 aromatic rings. The van der Waals surface area contributed by atoms with Gasteiger partial charge in [0.2, 0.25) is 0 Å². The molecule has 170 valence electrons. The zero-order valence-corrected chi connectivity index (χ0v) is 17.5. The zero-order chi connectivity index (χ0) is 23.2. The number of rotatable bonds is 5. The molecule has 32 heavy (non-hydrogen) atoms. The average molecular weight is 472 g/mol. The van der Waals surface area contributed by atoms with Crippen molar-refractivity contribution in [2.24, 2.45) is 0 Å². The summed E-state index contributed by atoms with van der Waals surface area (Å²) in [5, 5.41) is 6.81. The number of aromatic nitrogens is 3. The molecule has 7 nitrogen and oxygen atoms in total. The number of alkyl halides is 3. The molecule has 3 heterocycles. The maximum absolute atomic E-state index is 13.7. The van der Waals surface area contributed by atoms with Crippen molar-refractivity contribution in [1.29, 1.82) is 0 Å². The molecule has 0 fully saturated rings. The lowest BCUT2D eigenvalue weighted by molar-refractivity contribution is 0.0310. The Morgan fingerprint density at radius 2 is 1.97 bits per heavy atom. The molecule has 0 saturated carbocycles. The molecule has 1 unspecified atom stereocenters. The van der Waals surface area contributed by atoms with E-state index in [4.69, 9.17) is 11.6 Å². The highest BCUT2D eigenvalue weighted by Gasteiger charge is 2.31. The van der Waals surface area contributed by atoms with Crippen LogP contribution in [0.5, 0.6) is 0 Å². The lowest BCUT2D eigenvalue weighted by Crippen LogP contribution is -2.43. The minimum atomic E-state index is -3.22. The van der Waals surface area contributed by atoms with Crippen molar-refractivity contribution in [2.45, 2.75) is 38.7 Å². The van der Waals surface area contributed by atoms with Crippen LogP contribution in [0.25, 0.3) is 10.9 Å². The van der Waals surface area contributed by atoms with Crippen molar-refractivity contribution in [2.75, 3.05) is 6.54 Å². The second-order valence-electron chi connectivity index (χ2n) is 7.53. The molecule has 0 spiro atoms. The van der Waals surface area contributed by atoms with Crippen LogP contribution in [0.15, 0.2) is 24.4 Å². The van der Waals surface area contributed by atoms with Gasteiger partial charge in [-0.3, -0.25) is 14.3 Å². The topological polar surface area (TPSA) is 83.0 Å². The van der Waals surface area contributed by atoms with E-state index in [-0.39, 0.29) is 28.7 Å². The highest BCUT2D eigenvalue weighted by atomic mass is 35.5. The first-order chi connectivity index (χ1) is 15.2. The standard InChI is InChI=1S/C20H18ClF4N5O2/c1-9(17(23)18(24)25)27-19(31)11-7-26-30-3-2-29(8-16(11)30)20(32)15-5-10-4-12(21)13(22)6-14(10)28-15/h4-7,9,17-18,28H,2-3,8H2,1H3,(H,27,31)/t9-,17?/m1/s1. The summed E-state index contributed by atoms with van der Waals surface area (Å²) in [6, 6.07) is 2.75. The van der Waals surface area contributed by atoms with Gasteiger partial charge in [0.05, 0.1) is 41.6 Å². The fourth-order valence-electron chi connectivity index (χ4n) is 3.60. The normalized spacial score (nSPS) is 15.7. The zero-order valence-electron chi connectivity index (χ0n) is 16.7. The van der Waals surface area contributed by atoms with Crippen LogP contribution in [0, 0.1) is 5.82 Å². The van der Waals surface area contributed by atoms with Gasteiger partial charge in [0.1, 0.15) is 11.5 Å². The van der Waals surface area contributed by atoms with Gasteiger partial charge in [-0.15, -0.1) is 0 Å². The Morgan fingerprint density at radius 1 is 1.22 bits per heavy atom. The molecule has 0 bridgehead atoms. The summed E-state index contributed by atoms with van der Waals surface area (Å²) in [5.41, 5.74) is 1.09. The molecular formula is C20H18ClF4N5O2. The average Bonchev–Trinajstić information content (AvgIpc) is 3.36. The molecule has 0 radical (unpaired) electrons. The summed E-state index contributed by atoms with van der Waals surface area (Å²) < 4.78 is 53.8. The van der Waals surface area contributed by atoms with E-state index in [9.17, 15) is 27.2 Å². The molecule has 0 aliphatic carbocycles. The Bertz CT molecular complexity index is 1160. The van der Waals surface area contributed by atoms with E-state index in [0.29, 0.717) is 29.7 Å². The predicted octanol–water partition coefficient (Wildman–Crippen LogP) is 3.53. The first kappa shape index (κ1) is 22.1. The van der Waals surface area contributed by atoms with Gasteiger partial charge in [0, 0.05) is 17.4 Å². The summed E-state index contributed by atoms with van der Waals surface area (Å²) >= 11 is 5.79. The van der Waals surface area contributed by atoms with Gasteiger partial charge in [-0.05, 0) is 25.1 Å². The molecule has 2 N–H and O–H groups in total. The quantitative estimate of drug-likeness (QED) is 0.558. The highest BCUT2D eigenvalue weighted by Crippen LogP contribution is 2.25. The Kier molecular flexibility index (Phi) is 5.85. The lowest BCUT2D eigenvalue weighted by Gasteiger charge is -2.28. The van der Waals surface area contributed by atoms with Gasteiger partial charge in [-0.25, -0.2) is 17.6 Å². The van der Waals surface area contributed by atoms with E-state index in [0.717, 1.165) is 6.92 Å². The number of H-pyrrole nitrogens is 1. The Morgan fingerprint density at radius 3 is 2.69 bits per heavy atom. The van der Waals surface area contributed by atoms with Gasteiger partial charge in [0.15, 0.2) is 6.17 Å². The third-order valence-electron chi connectivity index (χ3n) is 5.37. The van der Waals surface area contributed by atoms with Crippen molar-refractivity contribution in [1.82, 2.24) is 25.0 Å². The number of carbonyl (C=O) groups is 2. The number of nitrogens with one attached hydrogen (secondary N) is 2. The summed E-state index contributed by atoms with van der Waals surface area (Å²) in [6.45, 7) is 1.76. The second kappa shape index (κ2) is 8.45. The molecule has 12 heteroatoms. The predicted molar refractivity (Wildman–Crippen MR) is 108 cm³/mol. The second-order valence-corrected chi connectivity index (χ2v) is 7.94. The van der Waals surface area contributed by atoms with Crippen LogP contribution in [0.1, 0.15) is 33.5 Å². The van der Waals surface area contributed by atoms with Crippen LogP contribution in [0.3, 0.4) is 0 Å². The van der Waals surface area contributed by atoms with Gasteiger partial charge < -0.3 is 15.2 Å². The van der Waals surface area contributed by atoms with Crippen LogP contribution in [-0.2, 0) is 13.1 Å². The molecular weight excluding hydrogens is 454 g/mol. The van der Waals surface area contributed by atoms with Crippen molar-refractivity contribution in [3.63, 3.8) is 0 Å². The number of amides is 2. The molecule has 1 aromatic carbocycles. The maximum Gasteiger partial charge on any atom is 0.271 e. The van der Waals surface area contributed by atoms with Crippen LogP contribution in [0.4, 0.5) is 17.6 Å². The lowest BCUT2D eigenvalue weighted by atomic mass is 10.1. The number of benzene rings is 1. The van der Waals surface area contributed by atoms with Crippen molar-refractivity contribution in [3.05, 3.63) is 52.2 Å². The minimum Gasteiger partial charge on any atom is -0.350 e. The summed E-state index contributed by atoms with van der Waals surface area (Å²) in [6.07, 6.45) is -4.47. The first-order valence-electron chi connectivity index (χ1n) is 9.70. The number of hydrogen-bond donors (Lipinski definition) is 2. The van der Waals surface area contributed by atoms with Gasteiger partial charge in [0.25, 0.3) is 18.2 Å². The summed E-state index contributed by atoms with van der Waals surface area (Å²) in [7, 11) is 0. The molecule has 2 aromatic heterocycles. The monoisotopic (exact) mass is 471 g/mol. The van der Waals surface area contributed by atoms with Crippen LogP contribution < -0.4 is 5.32 Å². The van der Waals surface area contributed by atoms with E-state index < -0.39 is 30.4 Å². The fraction of sp³-hybridized carbons (Fsp3) is 0.350. The molecule has 4 rings (SSSR count). The number of fused-ring (bicyclic) bond motifs is 2. The summed E-state index contributed by atoms with van der Waals surface area (Å²) in [4.78, 5) is 29.8. The number of hydrogen-bond acceptors (Lipinski definition) is 3. The van der Waals surface area contributed by atoms with Crippen LogP contribution >= 0.6 is 11.6 Å². The van der Waals surface area contributed by atoms with Crippen molar-refractivity contribution >= 4 is 34.3 Å². The molecule has 2 amide bonds. The van der Waals surface area contributed by atoms with E-state index >= 15 is 0 Å². The Balaban J connectivity index is 1.53. The SMILES string of the molecule is C[C@@H](NC(=O)c1cnn2c1CN(C(=O)c1cc3cc(Cl)c(F)cc3[nH]1)CC2)C(F)C(F)F. The molecule has 1 aliphatic heterocycles. The van der Waals surface area contributed by atoms with Crippen molar-refractivity contribution < 1.29 is 27.2 Å². The van der Waals surface area contributed by atoms with Crippen LogP contribution in [-0.4, -0.2) is 56.7 Å². The molecule has 2 atom stereocenters. The molecule has 1 aliphatic rings. The fourth-order valence-corrected chi connectivity index (χ4v) is 3.78.